The molecule has 2 heterocycles. The summed E-state index contributed by atoms with van der Waals surface area (Å²) in [5, 5.41) is 19.1. The van der Waals surface area contributed by atoms with Crippen LogP contribution >= 0.6 is 11.8 Å². The lowest BCUT2D eigenvalue weighted by Crippen LogP contribution is -2.16. The molecule has 2 N–H and O–H groups in total. The number of hydrogen-bond acceptors (Lipinski definition) is 6. The summed E-state index contributed by atoms with van der Waals surface area (Å²) in [6.45, 7) is 0. The summed E-state index contributed by atoms with van der Waals surface area (Å²) in [6, 6.07) is 1.60. The van der Waals surface area contributed by atoms with E-state index in [0.29, 0.717) is 16.7 Å². The third-order valence-electron chi connectivity index (χ3n) is 2.71. The molecule has 9 heteroatoms. The summed E-state index contributed by atoms with van der Waals surface area (Å²) in [5.74, 6) is -0.327. The Balaban J connectivity index is 1.72. The SMILES string of the molecule is O=C(O)c1cc(CSc2n[nH]c(=O)n2C2CC2)on1. The van der Waals surface area contributed by atoms with Gasteiger partial charge in [-0.3, -0.25) is 4.57 Å². The van der Waals surface area contributed by atoms with Gasteiger partial charge in [0.05, 0.1) is 5.75 Å². The molecule has 0 aromatic carbocycles. The maximum absolute atomic E-state index is 11.5. The quantitative estimate of drug-likeness (QED) is 0.782. The summed E-state index contributed by atoms with van der Waals surface area (Å²) in [5.41, 5.74) is -0.342. The van der Waals surface area contributed by atoms with Crippen LogP contribution in [-0.4, -0.2) is 31.0 Å². The third kappa shape index (κ3) is 2.41. The van der Waals surface area contributed by atoms with Gasteiger partial charge in [0.25, 0.3) is 0 Å². The minimum atomic E-state index is -1.13. The molecular weight excluding hydrogens is 272 g/mol. The van der Waals surface area contributed by atoms with Crippen molar-refractivity contribution in [2.24, 2.45) is 0 Å². The van der Waals surface area contributed by atoms with Gasteiger partial charge in [0.2, 0.25) is 0 Å². The number of hydrogen-bond donors (Lipinski definition) is 2. The van der Waals surface area contributed by atoms with E-state index in [4.69, 9.17) is 9.63 Å². The molecule has 1 fully saturated rings. The topological polar surface area (TPSA) is 114 Å². The highest BCUT2D eigenvalue weighted by molar-refractivity contribution is 7.98. The number of rotatable bonds is 5. The Labute approximate surface area is 110 Å². The van der Waals surface area contributed by atoms with Crippen LogP contribution in [0.4, 0.5) is 0 Å². The predicted octanol–water partition coefficient (Wildman–Crippen LogP) is 0.885. The minimum absolute atomic E-state index is 0.128. The Hall–Kier alpha value is -2.03. The van der Waals surface area contributed by atoms with Crippen LogP contribution in [0.1, 0.15) is 35.1 Å². The highest BCUT2D eigenvalue weighted by Gasteiger charge is 2.28. The monoisotopic (exact) mass is 282 g/mol. The van der Waals surface area contributed by atoms with E-state index in [1.807, 2.05) is 0 Å². The smallest absolute Gasteiger partial charge is 0.358 e. The van der Waals surface area contributed by atoms with Crippen molar-refractivity contribution in [2.45, 2.75) is 29.8 Å². The molecule has 0 atom stereocenters. The first-order chi connectivity index (χ1) is 9.15. The number of aromatic amines is 1. The maximum atomic E-state index is 11.5. The van der Waals surface area contributed by atoms with Crippen LogP contribution in [0.5, 0.6) is 0 Å². The molecule has 0 amide bonds. The van der Waals surface area contributed by atoms with Crippen LogP contribution < -0.4 is 5.69 Å². The molecule has 3 rings (SSSR count). The summed E-state index contributed by atoms with van der Waals surface area (Å²) >= 11 is 1.31. The van der Waals surface area contributed by atoms with Gasteiger partial charge in [-0.1, -0.05) is 16.9 Å². The van der Waals surface area contributed by atoms with Crippen LogP contribution in [0.2, 0.25) is 0 Å². The fourth-order valence-corrected chi connectivity index (χ4v) is 2.55. The van der Waals surface area contributed by atoms with E-state index >= 15 is 0 Å². The Bertz CT molecular complexity index is 669. The number of aromatic nitrogens is 4. The van der Waals surface area contributed by atoms with Crippen molar-refractivity contribution in [3.05, 3.63) is 28.0 Å². The van der Waals surface area contributed by atoms with E-state index in [1.54, 1.807) is 4.57 Å². The average Bonchev–Trinajstić information content (AvgIpc) is 2.97. The van der Waals surface area contributed by atoms with Crippen molar-refractivity contribution in [1.29, 1.82) is 0 Å². The van der Waals surface area contributed by atoms with Gasteiger partial charge in [-0.05, 0) is 12.8 Å². The van der Waals surface area contributed by atoms with Gasteiger partial charge in [0, 0.05) is 12.1 Å². The first-order valence-corrected chi connectivity index (χ1v) is 6.62. The number of thioether (sulfide) groups is 1. The van der Waals surface area contributed by atoms with Gasteiger partial charge in [-0.15, -0.1) is 5.10 Å². The first kappa shape index (κ1) is 12.0. The second-order valence-electron chi connectivity index (χ2n) is 4.18. The van der Waals surface area contributed by atoms with Crippen LogP contribution in [0.25, 0.3) is 0 Å². The second kappa shape index (κ2) is 4.57. The molecular formula is C10H10N4O4S. The molecule has 1 aliphatic carbocycles. The first-order valence-electron chi connectivity index (χ1n) is 5.63. The lowest BCUT2D eigenvalue weighted by atomic mass is 10.4. The summed E-state index contributed by atoms with van der Waals surface area (Å²) in [6.07, 6.45) is 1.97. The molecule has 1 aliphatic rings. The Kier molecular flexibility index (Phi) is 2.90. The number of nitrogens with zero attached hydrogens (tertiary/aromatic N) is 3. The summed E-state index contributed by atoms with van der Waals surface area (Å²) < 4.78 is 6.52. The van der Waals surface area contributed by atoms with Crippen molar-refractivity contribution in [1.82, 2.24) is 19.9 Å². The van der Waals surface area contributed by atoms with E-state index in [1.165, 1.54) is 17.8 Å². The van der Waals surface area contributed by atoms with E-state index in [0.717, 1.165) is 12.8 Å². The molecule has 0 radical (unpaired) electrons. The van der Waals surface area contributed by atoms with Crippen LogP contribution in [0.3, 0.4) is 0 Å². The molecule has 2 aromatic rings. The number of aromatic carboxylic acids is 1. The number of carboxylic acids is 1. The number of carbonyl (C=O) groups is 1. The summed E-state index contributed by atoms with van der Waals surface area (Å²) in [4.78, 5) is 22.2. The Morgan fingerprint density at radius 3 is 3.05 bits per heavy atom. The maximum Gasteiger partial charge on any atom is 0.358 e. The molecule has 0 unspecified atom stereocenters. The molecule has 1 saturated carbocycles. The van der Waals surface area contributed by atoms with Crippen molar-refractivity contribution in [3.63, 3.8) is 0 Å². The lowest BCUT2D eigenvalue weighted by Gasteiger charge is -2.00. The molecule has 100 valence electrons. The van der Waals surface area contributed by atoms with Gasteiger partial charge in [-0.25, -0.2) is 14.7 Å². The van der Waals surface area contributed by atoms with E-state index < -0.39 is 5.97 Å². The third-order valence-corrected chi connectivity index (χ3v) is 3.68. The standard InChI is InChI=1S/C10H10N4O4S/c15-8(16)7-3-6(18-13-7)4-19-10-12-11-9(17)14(10)5-1-2-5/h3,5H,1-2,4H2,(H,11,17)(H,15,16). The molecule has 0 spiro atoms. The van der Waals surface area contributed by atoms with Crippen LogP contribution in [0.15, 0.2) is 20.5 Å². The summed E-state index contributed by atoms with van der Waals surface area (Å²) in [7, 11) is 0. The highest BCUT2D eigenvalue weighted by Crippen LogP contribution is 2.36. The van der Waals surface area contributed by atoms with Gasteiger partial charge < -0.3 is 9.63 Å². The Morgan fingerprint density at radius 2 is 2.42 bits per heavy atom. The zero-order valence-corrected chi connectivity index (χ0v) is 10.5. The van der Waals surface area contributed by atoms with Gasteiger partial charge in [-0.2, -0.15) is 0 Å². The molecule has 8 nitrogen and oxygen atoms in total. The van der Waals surface area contributed by atoms with Crippen molar-refractivity contribution in [3.8, 4) is 0 Å². The number of carboxylic acid groups (broad SMARTS) is 1. The fraction of sp³-hybridized carbons (Fsp3) is 0.400. The minimum Gasteiger partial charge on any atom is -0.476 e. The van der Waals surface area contributed by atoms with Gasteiger partial charge in [0.1, 0.15) is 5.76 Å². The molecule has 0 saturated heterocycles. The van der Waals surface area contributed by atoms with Crippen molar-refractivity contribution < 1.29 is 14.4 Å². The van der Waals surface area contributed by atoms with Crippen molar-refractivity contribution >= 4 is 17.7 Å². The molecule has 2 aromatic heterocycles. The normalized spacial score (nSPS) is 14.7. The largest absolute Gasteiger partial charge is 0.476 e. The molecule has 0 bridgehead atoms. The molecule has 19 heavy (non-hydrogen) atoms. The highest BCUT2D eigenvalue weighted by atomic mass is 32.2. The fourth-order valence-electron chi connectivity index (χ4n) is 1.66. The van der Waals surface area contributed by atoms with Crippen molar-refractivity contribution in [2.75, 3.05) is 0 Å². The van der Waals surface area contributed by atoms with Crippen LogP contribution in [-0.2, 0) is 5.75 Å². The predicted molar refractivity (Wildman–Crippen MR) is 64.1 cm³/mol. The van der Waals surface area contributed by atoms with E-state index in [9.17, 15) is 9.59 Å². The molecule has 0 aliphatic heterocycles. The van der Waals surface area contributed by atoms with Gasteiger partial charge in [0.15, 0.2) is 10.9 Å². The van der Waals surface area contributed by atoms with Gasteiger partial charge >= 0.3 is 11.7 Å². The average molecular weight is 282 g/mol. The zero-order valence-electron chi connectivity index (χ0n) is 9.70. The lowest BCUT2D eigenvalue weighted by molar-refractivity contribution is 0.0685. The second-order valence-corrected chi connectivity index (χ2v) is 5.13. The Morgan fingerprint density at radius 1 is 1.63 bits per heavy atom. The van der Waals surface area contributed by atoms with E-state index in [-0.39, 0.29) is 17.4 Å². The number of H-pyrrole nitrogens is 1. The zero-order chi connectivity index (χ0) is 13.4. The van der Waals surface area contributed by atoms with Crippen LogP contribution in [0, 0.1) is 0 Å². The number of nitrogens with one attached hydrogen (secondary N) is 1. The van der Waals surface area contributed by atoms with E-state index in [2.05, 4.69) is 15.4 Å².